The number of hydrogen-bond donors (Lipinski definition) is 0. The van der Waals surface area contributed by atoms with E-state index >= 15 is 0 Å². The molecule has 1 saturated heterocycles. The quantitative estimate of drug-likeness (QED) is 0.372. The van der Waals surface area contributed by atoms with Crippen molar-refractivity contribution in [1.82, 2.24) is 19.3 Å². The van der Waals surface area contributed by atoms with Crippen LogP contribution in [0.2, 0.25) is 0 Å². The number of fused-ring (bicyclic) bond motifs is 1. The number of benzene rings is 2. The number of thioether (sulfide) groups is 1. The summed E-state index contributed by atoms with van der Waals surface area (Å²) < 4.78 is 8.82. The molecule has 0 bridgehead atoms. The molecule has 6 nitrogen and oxygen atoms in total. The first kappa shape index (κ1) is 18.1. The summed E-state index contributed by atoms with van der Waals surface area (Å²) in [5, 5.41) is 5.77. The van der Waals surface area contributed by atoms with Crippen molar-refractivity contribution in [3.8, 4) is 5.69 Å². The molecule has 0 radical (unpaired) electrons. The van der Waals surface area contributed by atoms with Gasteiger partial charge in [0, 0.05) is 5.25 Å². The van der Waals surface area contributed by atoms with Gasteiger partial charge in [-0.3, -0.25) is 9.36 Å². The number of ether oxygens (including phenoxy) is 1. The van der Waals surface area contributed by atoms with E-state index in [1.165, 1.54) is 5.56 Å². The summed E-state index contributed by atoms with van der Waals surface area (Å²) in [5.41, 5.74) is 2.51. The van der Waals surface area contributed by atoms with E-state index in [0.717, 1.165) is 5.69 Å². The molecule has 1 aliphatic heterocycles. The van der Waals surface area contributed by atoms with Crippen LogP contribution >= 0.6 is 11.8 Å². The third-order valence-corrected chi connectivity index (χ3v) is 6.24. The Hall–Kier alpha value is -2.90. The molecular formula is C22H20N4O2S. The Morgan fingerprint density at radius 3 is 2.41 bits per heavy atom. The Bertz CT molecular complexity index is 1200. The Morgan fingerprint density at radius 1 is 1.07 bits per heavy atom. The van der Waals surface area contributed by atoms with Crippen molar-refractivity contribution in [2.45, 2.75) is 23.4 Å². The molecule has 0 saturated carbocycles. The fourth-order valence-corrected chi connectivity index (χ4v) is 4.47. The standard InChI is InChI=1S/C22H20N4O2S/c1-15(16-8-4-2-5-9-16)29-22-24-20-19(12-23-26(20)18-13-28-14-18)21(27)25(22)17-10-6-3-7-11-17/h2-12,15,18H,13-14H2,1H3. The Balaban J connectivity index is 1.67. The molecule has 146 valence electrons. The minimum absolute atomic E-state index is 0.101. The number of nitrogens with zero attached hydrogens (tertiary/aromatic N) is 4. The predicted molar refractivity (Wildman–Crippen MR) is 114 cm³/mol. The van der Waals surface area contributed by atoms with Gasteiger partial charge in [0.2, 0.25) is 0 Å². The average Bonchev–Trinajstić information content (AvgIpc) is 3.12. The number of hydrogen-bond acceptors (Lipinski definition) is 5. The van der Waals surface area contributed by atoms with Gasteiger partial charge >= 0.3 is 0 Å². The van der Waals surface area contributed by atoms with Crippen molar-refractivity contribution >= 4 is 22.8 Å². The third-order valence-electron chi connectivity index (χ3n) is 5.13. The first-order valence-corrected chi connectivity index (χ1v) is 10.5. The van der Waals surface area contributed by atoms with Crippen molar-refractivity contribution in [3.63, 3.8) is 0 Å². The first-order valence-electron chi connectivity index (χ1n) is 9.57. The average molecular weight is 404 g/mol. The summed E-state index contributed by atoms with van der Waals surface area (Å²) in [7, 11) is 0. The number of aromatic nitrogens is 4. The van der Waals surface area contributed by atoms with E-state index in [2.05, 4.69) is 24.2 Å². The number of rotatable bonds is 5. The van der Waals surface area contributed by atoms with Gasteiger partial charge in [0.25, 0.3) is 5.56 Å². The highest BCUT2D eigenvalue weighted by atomic mass is 32.2. The van der Waals surface area contributed by atoms with Crippen LogP contribution in [0.15, 0.2) is 76.8 Å². The smallest absolute Gasteiger partial charge is 0.269 e. The summed E-state index contributed by atoms with van der Waals surface area (Å²) in [5.74, 6) is 0. The van der Waals surface area contributed by atoms with Gasteiger partial charge in [-0.2, -0.15) is 5.10 Å². The van der Waals surface area contributed by atoms with E-state index in [-0.39, 0.29) is 16.9 Å². The summed E-state index contributed by atoms with van der Waals surface area (Å²) in [6.07, 6.45) is 1.62. The molecule has 0 spiro atoms. The Labute approximate surface area is 172 Å². The first-order chi connectivity index (χ1) is 14.2. The zero-order chi connectivity index (χ0) is 19.8. The van der Waals surface area contributed by atoms with E-state index in [1.807, 2.05) is 53.2 Å². The maximum Gasteiger partial charge on any atom is 0.269 e. The fourth-order valence-electron chi connectivity index (χ4n) is 3.43. The van der Waals surface area contributed by atoms with Gasteiger partial charge in [-0.15, -0.1) is 0 Å². The molecule has 3 heterocycles. The minimum Gasteiger partial charge on any atom is -0.377 e. The van der Waals surface area contributed by atoms with Crippen molar-refractivity contribution in [2.24, 2.45) is 0 Å². The van der Waals surface area contributed by atoms with E-state index in [1.54, 1.807) is 22.5 Å². The SMILES string of the molecule is CC(Sc1nc2c(cnn2C2COC2)c(=O)n1-c1ccccc1)c1ccccc1. The molecule has 0 N–H and O–H groups in total. The zero-order valence-corrected chi connectivity index (χ0v) is 16.7. The molecule has 29 heavy (non-hydrogen) atoms. The van der Waals surface area contributed by atoms with Gasteiger partial charge in [0.1, 0.15) is 11.4 Å². The predicted octanol–water partition coefficient (Wildman–Crippen LogP) is 4.01. The third kappa shape index (κ3) is 3.26. The van der Waals surface area contributed by atoms with Crippen molar-refractivity contribution in [3.05, 3.63) is 82.8 Å². The molecule has 0 amide bonds. The second kappa shape index (κ2) is 7.50. The van der Waals surface area contributed by atoms with Gasteiger partial charge in [-0.1, -0.05) is 60.3 Å². The Morgan fingerprint density at radius 2 is 1.76 bits per heavy atom. The zero-order valence-electron chi connectivity index (χ0n) is 15.9. The summed E-state index contributed by atoms with van der Waals surface area (Å²) in [6.45, 7) is 3.33. The monoisotopic (exact) mass is 404 g/mol. The lowest BCUT2D eigenvalue weighted by molar-refractivity contribution is -0.0269. The van der Waals surface area contributed by atoms with E-state index in [0.29, 0.717) is 29.4 Å². The largest absolute Gasteiger partial charge is 0.377 e. The van der Waals surface area contributed by atoms with Gasteiger partial charge in [0.15, 0.2) is 10.8 Å². The molecule has 2 aromatic carbocycles. The fraction of sp³-hybridized carbons (Fsp3) is 0.227. The van der Waals surface area contributed by atoms with E-state index in [9.17, 15) is 4.79 Å². The van der Waals surface area contributed by atoms with Gasteiger partial charge in [-0.25, -0.2) is 9.67 Å². The molecule has 1 atom stereocenters. The second-order valence-electron chi connectivity index (χ2n) is 7.06. The maximum absolute atomic E-state index is 13.4. The molecule has 2 aromatic heterocycles. The van der Waals surface area contributed by atoms with Gasteiger partial charge in [0.05, 0.1) is 25.1 Å². The van der Waals surface area contributed by atoms with Crippen LogP contribution in [0.1, 0.15) is 23.8 Å². The molecule has 5 rings (SSSR count). The van der Waals surface area contributed by atoms with Crippen LogP contribution in [0.3, 0.4) is 0 Å². The number of para-hydroxylation sites is 1. The van der Waals surface area contributed by atoms with Crippen LogP contribution in [-0.2, 0) is 4.74 Å². The summed E-state index contributed by atoms with van der Waals surface area (Å²) in [4.78, 5) is 18.3. The highest BCUT2D eigenvalue weighted by Crippen LogP contribution is 2.35. The van der Waals surface area contributed by atoms with Crippen LogP contribution in [0.5, 0.6) is 0 Å². The molecule has 4 aromatic rings. The molecule has 7 heteroatoms. The highest BCUT2D eigenvalue weighted by molar-refractivity contribution is 7.99. The molecule has 1 unspecified atom stereocenters. The summed E-state index contributed by atoms with van der Waals surface area (Å²) in [6, 6.07) is 20.0. The molecule has 0 aliphatic carbocycles. The molecule has 1 fully saturated rings. The Kier molecular flexibility index (Phi) is 4.69. The van der Waals surface area contributed by atoms with Gasteiger partial charge < -0.3 is 4.74 Å². The lowest BCUT2D eigenvalue weighted by Gasteiger charge is -2.26. The molecule has 1 aliphatic rings. The van der Waals surface area contributed by atoms with Crippen LogP contribution in [-0.4, -0.2) is 32.5 Å². The lowest BCUT2D eigenvalue weighted by Crippen LogP contribution is -2.32. The van der Waals surface area contributed by atoms with Crippen molar-refractivity contribution in [1.29, 1.82) is 0 Å². The van der Waals surface area contributed by atoms with Crippen LogP contribution < -0.4 is 5.56 Å². The topological polar surface area (TPSA) is 61.9 Å². The second-order valence-corrected chi connectivity index (χ2v) is 8.37. The normalized spacial score (nSPS) is 15.3. The van der Waals surface area contributed by atoms with Crippen LogP contribution in [0, 0.1) is 0 Å². The molecular weight excluding hydrogens is 384 g/mol. The lowest BCUT2D eigenvalue weighted by atomic mass is 10.2. The van der Waals surface area contributed by atoms with Crippen molar-refractivity contribution < 1.29 is 4.74 Å². The van der Waals surface area contributed by atoms with Crippen LogP contribution in [0.25, 0.3) is 16.7 Å². The highest BCUT2D eigenvalue weighted by Gasteiger charge is 2.26. The van der Waals surface area contributed by atoms with E-state index < -0.39 is 0 Å². The maximum atomic E-state index is 13.4. The van der Waals surface area contributed by atoms with Crippen LogP contribution in [0.4, 0.5) is 0 Å². The summed E-state index contributed by atoms with van der Waals surface area (Å²) >= 11 is 1.58. The minimum atomic E-state index is -0.101. The van der Waals surface area contributed by atoms with E-state index in [4.69, 9.17) is 9.72 Å². The van der Waals surface area contributed by atoms with Crippen molar-refractivity contribution in [2.75, 3.05) is 13.2 Å². The van der Waals surface area contributed by atoms with Gasteiger partial charge in [-0.05, 0) is 24.6 Å².